The highest BCUT2D eigenvalue weighted by Crippen LogP contribution is 2.58. The van der Waals surface area contributed by atoms with Gasteiger partial charge in [-0.3, -0.25) is 5.32 Å². The maximum absolute atomic E-state index is 9.62. The van der Waals surface area contributed by atoms with E-state index in [1.165, 1.54) is 12.0 Å². The van der Waals surface area contributed by atoms with Crippen LogP contribution < -0.4 is 11.1 Å². The van der Waals surface area contributed by atoms with Crippen LogP contribution in [0, 0.1) is 5.92 Å². The predicted octanol–water partition coefficient (Wildman–Crippen LogP) is 0.350. The monoisotopic (exact) mass is 182 g/mol. The van der Waals surface area contributed by atoms with Gasteiger partial charge in [0.1, 0.15) is 6.23 Å². The average Bonchev–Trinajstić information content (AvgIpc) is 2.68. The van der Waals surface area contributed by atoms with Crippen molar-refractivity contribution < 1.29 is 5.11 Å². The van der Waals surface area contributed by atoms with Gasteiger partial charge in [-0.1, -0.05) is 12.2 Å². The van der Waals surface area contributed by atoms with Gasteiger partial charge in [-0.15, -0.1) is 0 Å². The van der Waals surface area contributed by atoms with E-state index >= 15 is 0 Å². The number of rotatable bonds is 3. The van der Waals surface area contributed by atoms with E-state index in [9.17, 15) is 5.11 Å². The first-order valence-electron chi connectivity index (χ1n) is 4.96. The van der Waals surface area contributed by atoms with Crippen molar-refractivity contribution in [1.29, 1.82) is 0 Å². The van der Waals surface area contributed by atoms with E-state index in [0.717, 1.165) is 12.8 Å². The summed E-state index contributed by atoms with van der Waals surface area (Å²) in [6.07, 6.45) is 2.86. The summed E-state index contributed by atoms with van der Waals surface area (Å²) in [6.45, 7) is 5.86. The molecule has 2 saturated carbocycles. The van der Waals surface area contributed by atoms with Crippen LogP contribution >= 0.6 is 0 Å². The first-order chi connectivity index (χ1) is 6.06. The summed E-state index contributed by atoms with van der Waals surface area (Å²) in [5.74, 6) is 0.702. The average molecular weight is 182 g/mol. The van der Waals surface area contributed by atoms with Crippen LogP contribution in [0.2, 0.25) is 0 Å². The zero-order valence-electron chi connectivity index (χ0n) is 8.09. The minimum Gasteiger partial charge on any atom is -0.377 e. The van der Waals surface area contributed by atoms with Crippen LogP contribution in [-0.2, 0) is 0 Å². The number of hydrogen-bond acceptors (Lipinski definition) is 3. The molecule has 0 bridgehead atoms. The number of nitrogens with two attached hydrogens (primary N) is 1. The Morgan fingerprint density at radius 1 is 1.77 bits per heavy atom. The van der Waals surface area contributed by atoms with Crippen molar-refractivity contribution in [3.63, 3.8) is 0 Å². The number of nitrogens with one attached hydrogen (secondary N) is 1. The van der Waals surface area contributed by atoms with Crippen molar-refractivity contribution in [2.75, 3.05) is 0 Å². The van der Waals surface area contributed by atoms with Gasteiger partial charge in [0, 0.05) is 11.6 Å². The number of aliphatic hydroxyl groups is 1. The van der Waals surface area contributed by atoms with Crippen molar-refractivity contribution in [3.8, 4) is 0 Å². The Morgan fingerprint density at radius 3 is 2.85 bits per heavy atom. The van der Waals surface area contributed by atoms with Crippen LogP contribution in [0.5, 0.6) is 0 Å². The second-order valence-corrected chi connectivity index (χ2v) is 4.46. The third kappa shape index (κ3) is 1.31. The van der Waals surface area contributed by atoms with Crippen LogP contribution in [0.3, 0.4) is 0 Å². The SMILES string of the molecule is C=C1CCC2CC12NC(O)C(C)N. The topological polar surface area (TPSA) is 58.3 Å². The molecular formula is C10H18N2O. The molecule has 2 aliphatic carbocycles. The van der Waals surface area contributed by atoms with E-state index in [1.807, 2.05) is 6.92 Å². The maximum Gasteiger partial charge on any atom is 0.120 e. The molecule has 0 heterocycles. The van der Waals surface area contributed by atoms with Crippen molar-refractivity contribution >= 4 is 0 Å². The van der Waals surface area contributed by atoms with Crippen molar-refractivity contribution in [1.82, 2.24) is 5.32 Å². The van der Waals surface area contributed by atoms with Gasteiger partial charge in [-0.2, -0.15) is 0 Å². The second-order valence-electron chi connectivity index (χ2n) is 4.46. The molecule has 0 aromatic rings. The second kappa shape index (κ2) is 2.80. The highest BCUT2D eigenvalue weighted by Gasteiger charge is 2.59. The summed E-state index contributed by atoms with van der Waals surface area (Å²) in [4.78, 5) is 0. The molecule has 2 aliphatic rings. The van der Waals surface area contributed by atoms with Crippen LogP contribution in [0.4, 0.5) is 0 Å². The quantitative estimate of drug-likeness (QED) is 0.436. The third-order valence-corrected chi connectivity index (χ3v) is 3.43. The largest absolute Gasteiger partial charge is 0.377 e. The number of aliphatic hydroxyl groups excluding tert-OH is 1. The molecule has 3 heteroatoms. The Bertz CT molecular complexity index is 239. The lowest BCUT2D eigenvalue weighted by atomic mass is 10.1. The zero-order chi connectivity index (χ0) is 9.64. The number of hydrogen-bond donors (Lipinski definition) is 3. The predicted molar refractivity (Wildman–Crippen MR) is 52.0 cm³/mol. The first kappa shape index (κ1) is 9.19. The van der Waals surface area contributed by atoms with Crippen LogP contribution in [-0.4, -0.2) is 22.9 Å². The highest BCUT2D eigenvalue weighted by molar-refractivity contribution is 5.35. The Labute approximate surface area is 79.0 Å². The lowest BCUT2D eigenvalue weighted by Crippen LogP contribution is -2.49. The molecule has 13 heavy (non-hydrogen) atoms. The smallest absolute Gasteiger partial charge is 0.120 e. The van der Waals surface area contributed by atoms with Crippen molar-refractivity contribution in [2.45, 2.75) is 44.0 Å². The van der Waals surface area contributed by atoms with Gasteiger partial charge < -0.3 is 10.8 Å². The Kier molecular flexibility index (Phi) is 1.98. The van der Waals surface area contributed by atoms with Gasteiger partial charge in [-0.05, 0) is 32.1 Å². The molecule has 2 rings (SSSR count). The van der Waals surface area contributed by atoms with E-state index in [-0.39, 0.29) is 11.6 Å². The molecule has 0 aromatic heterocycles. The van der Waals surface area contributed by atoms with E-state index < -0.39 is 6.23 Å². The van der Waals surface area contributed by atoms with Gasteiger partial charge in [0.2, 0.25) is 0 Å². The number of fused-ring (bicyclic) bond motifs is 1. The summed E-state index contributed by atoms with van der Waals surface area (Å²) >= 11 is 0. The zero-order valence-corrected chi connectivity index (χ0v) is 8.09. The van der Waals surface area contributed by atoms with Crippen LogP contribution in [0.1, 0.15) is 26.2 Å². The summed E-state index contributed by atoms with van der Waals surface area (Å²) in [5, 5.41) is 12.8. The molecule has 3 nitrogen and oxygen atoms in total. The van der Waals surface area contributed by atoms with E-state index in [4.69, 9.17) is 5.73 Å². The van der Waals surface area contributed by atoms with Gasteiger partial charge in [0.15, 0.2) is 0 Å². The molecule has 0 saturated heterocycles. The van der Waals surface area contributed by atoms with Crippen LogP contribution in [0.15, 0.2) is 12.2 Å². The van der Waals surface area contributed by atoms with E-state index in [2.05, 4.69) is 11.9 Å². The fraction of sp³-hybridized carbons (Fsp3) is 0.800. The van der Waals surface area contributed by atoms with Gasteiger partial charge in [0.05, 0.1) is 0 Å². The van der Waals surface area contributed by atoms with Crippen molar-refractivity contribution in [2.24, 2.45) is 11.7 Å². The first-order valence-corrected chi connectivity index (χ1v) is 4.96. The third-order valence-electron chi connectivity index (χ3n) is 3.43. The molecule has 4 unspecified atom stereocenters. The fourth-order valence-corrected chi connectivity index (χ4v) is 2.36. The molecule has 74 valence electrons. The molecule has 0 radical (unpaired) electrons. The minimum absolute atomic E-state index is 0.0487. The van der Waals surface area contributed by atoms with E-state index in [0.29, 0.717) is 5.92 Å². The van der Waals surface area contributed by atoms with Gasteiger partial charge in [0.25, 0.3) is 0 Å². The maximum atomic E-state index is 9.62. The molecule has 0 aromatic carbocycles. The molecular weight excluding hydrogens is 164 g/mol. The molecule has 4 atom stereocenters. The lowest BCUT2D eigenvalue weighted by molar-refractivity contribution is 0.101. The molecule has 2 fully saturated rings. The Balaban J connectivity index is 1.99. The minimum atomic E-state index is -0.597. The van der Waals surface area contributed by atoms with Crippen LogP contribution in [0.25, 0.3) is 0 Å². The lowest BCUT2D eigenvalue weighted by Gasteiger charge is -2.24. The Hall–Kier alpha value is -0.380. The standard InChI is InChI=1S/C10H18N2O/c1-6-3-4-8-5-10(6,8)12-9(13)7(2)11/h7-9,12-13H,1,3-5,11H2,2H3. The van der Waals surface area contributed by atoms with Crippen molar-refractivity contribution in [3.05, 3.63) is 12.2 Å². The molecule has 4 N–H and O–H groups in total. The summed E-state index contributed by atoms with van der Waals surface area (Å²) in [5.41, 5.74) is 6.89. The Morgan fingerprint density at radius 2 is 2.46 bits per heavy atom. The normalized spacial score (nSPS) is 41.5. The van der Waals surface area contributed by atoms with Gasteiger partial charge in [-0.25, -0.2) is 0 Å². The highest BCUT2D eigenvalue weighted by atomic mass is 16.3. The van der Waals surface area contributed by atoms with E-state index in [1.54, 1.807) is 0 Å². The van der Waals surface area contributed by atoms with Gasteiger partial charge >= 0.3 is 0 Å². The summed E-state index contributed by atoms with van der Waals surface area (Å²) in [6, 6.07) is -0.218. The molecule has 0 aliphatic heterocycles. The summed E-state index contributed by atoms with van der Waals surface area (Å²) < 4.78 is 0. The fourth-order valence-electron chi connectivity index (χ4n) is 2.36. The summed E-state index contributed by atoms with van der Waals surface area (Å²) in [7, 11) is 0. The molecule has 0 spiro atoms. The molecule has 0 amide bonds.